The van der Waals surface area contributed by atoms with Crippen LogP contribution < -0.4 is 5.73 Å². The zero-order valence-corrected chi connectivity index (χ0v) is 8.56. The Balaban J connectivity index is 2.05. The van der Waals surface area contributed by atoms with Crippen molar-refractivity contribution in [2.24, 2.45) is 5.73 Å². The molecule has 0 unspecified atom stereocenters. The van der Waals surface area contributed by atoms with E-state index in [1.165, 1.54) is 18.4 Å². The molecule has 0 bridgehead atoms. The second kappa shape index (κ2) is 3.31. The van der Waals surface area contributed by atoms with Crippen molar-refractivity contribution < 1.29 is 0 Å². The van der Waals surface area contributed by atoms with E-state index in [0.717, 1.165) is 17.5 Å². The van der Waals surface area contributed by atoms with Crippen LogP contribution in [-0.4, -0.2) is 21.5 Å². The highest BCUT2D eigenvalue weighted by atomic mass is 15.4. The van der Waals surface area contributed by atoms with Gasteiger partial charge in [-0.05, 0) is 43.5 Å². The molecule has 0 spiro atoms. The Kier molecular flexibility index (Phi) is 1.95. The lowest BCUT2D eigenvalue weighted by atomic mass is 10.1. The zero-order valence-electron chi connectivity index (χ0n) is 8.56. The molecule has 1 aromatic carbocycles. The van der Waals surface area contributed by atoms with Gasteiger partial charge < -0.3 is 5.73 Å². The minimum atomic E-state index is 0.593. The number of fused-ring (bicyclic) bond motifs is 1. The monoisotopic (exact) mass is 202 g/mol. The van der Waals surface area contributed by atoms with Crippen molar-refractivity contribution in [3.8, 4) is 0 Å². The van der Waals surface area contributed by atoms with Crippen LogP contribution in [0.1, 0.15) is 24.4 Å². The van der Waals surface area contributed by atoms with Crippen molar-refractivity contribution in [2.75, 3.05) is 6.54 Å². The second-order valence-electron chi connectivity index (χ2n) is 4.13. The van der Waals surface area contributed by atoms with Gasteiger partial charge in [0.25, 0.3) is 0 Å². The van der Waals surface area contributed by atoms with Crippen molar-refractivity contribution in [3.63, 3.8) is 0 Å². The number of rotatable bonds is 3. The van der Waals surface area contributed by atoms with Crippen LogP contribution in [0.4, 0.5) is 0 Å². The summed E-state index contributed by atoms with van der Waals surface area (Å²) in [5.74, 6) is 0. The van der Waals surface area contributed by atoms with Gasteiger partial charge in [-0.25, -0.2) is 4.68 Å². The molecule has 0 amide bonds. The summed E-state index contributed by atoms with van der Waals surface area (Å²) in [6.07, 6.45) is 3.39. The first-order chi connectivity index (χ1) is 7.38. The normalized spacial score (nSPS) is 16.1. The molecule has 78 valence electrons. The van der Waals surface area contributed by atoms with Gasteiger partial charge in [-0.2, -0.15) is 0 Å². The quantitative estimate of drug-likeness (QED) is 0.815. The number of benzene rings is 1. The lowest BCUT2D eigenvalue weighted by molar-refractivity contribution is 0.630. The molecule has 2 N–H and O–H groups in total. The van der Waals surface area contributed by atoms with Crippen molar-refractivity contribution in [1.29, 1.82) is 0 Å². The Morgan fingerprint density at radius 1 is 1.40 bits per heavy atom. The largest absolute Gasteiger partial charge is 0.330 e. The molecule has 0 radical (unpaired) electrons. The van der Waals surface area contributed by atoms with Crippen LogP contribution in [0.25, 0.3) is 11.0 Å². The zero-order chi connectivity index (χ0) is 10.3. The van der Waals surface area contributed by atoms with Crippen LogP contribution in [0.5, 0.6) is 0 Å². The lowest BCUT2D eigenvalue weighted by Gasteiger charge is -2.00. The molecule has 2 aromatic rings. The summed E-state index contributed by atoms with van der Waals surface area (Å²) in [5, 5.41) is 8.39. The number of hydrogen-bond acceptors (Lipinski definition) is 3. The van der Waals surface area contributed by atoms with Crippen LogP contribution in [0, 0.1) is 0 Å². The van der Waals surface area contributed by atoms with Gasteiger partial charge in [-0.15, -0.1) is 5.10 Å². The number of nitrogens with zero attached hydrogens (tertiary/aromatic N) is 3. The molecule has 0 saturated heterocycles. The Morgan fingerprint density at radius 2 is 2.27 bits per heavy atom. The summed E-state index contributed by atoms with van der Waals surface area (Å²) in [6, 6.07) is 6.92. The molecule has 1 heterocycles. The molecule has 0 aliphatic heterocycles. The standard InChI is InChI=1S/C11H14N4/c12-6-5-8-1-4-11-10(7-8)13-14-15(11)9-2-3-9/h1,4,7,9H,2-3,5-6,12H2. The highest BCUT2D eigenvalue weighted by Crippen LogP contribution is 2.36. The Bertz CT molecular complexity index is 484. The summed E-state index contributed by atoms with van der Waals surface area (Å²) in [6.45, 7) is 0.683. The lowest BCUT2D eigenvalue weighted by Crippen LogP contribution is -2.02. The van der Waals surface area contributed by atoms with Gasteiger partial charge in [0.1, 0.15) is 5.52 Å². The molecular formula is C11H14N4. The minimum Gasteiger partial charge on any atom is -0.330 e. The fraction of sp³-hybridized carbons (Fsp3) is 0.455. The fourth-order valence-electron chi connectivity index (χ4n) is 1.90. The predicted molar refractivity (Wildman–Crippen MR) is 58.6 cm³/mol. The minimum absolute atomic E-state index is 0.593. The Morgan fingerprint density at radius 3 is 3.00 bits per heavy atom. The highest BCUT2D eigenvalue weighted by Gasteiger charge is 2.26. The first-order valence-corrected chi connectivity index (χ1v) is 5.42. The third kappa shape index (κ3) is 1.51. The van der Waals surface area contributed by atoms with Crippen molar-refractivity contribution in [2.45, 2.75) is 25.3 Å². The van der Waals surface area contributed by atoms with Gasteiger partial charge >= 0.3 is 0 Å². The maximum Gasteiger partial charge on any atom is 0.113 e. The van der Waals surface area contributed by atoms with E-state index in [1.54, 1.807) is 0 Å². The van der Waals surface area contributed by atoms with E-state index in [-0.39, 0.29) is 0 Å². The van der Waals surface area contributed by atoms with E-state index in [1.807, 2.05) is 4.68 Å². The van der Waals surface area contributed by atoms with Gasteiger partial charge in [-0.1, -0.05) is 11.3 Å². The van der Waals surface area contributed by atoms with E-state index in [9.17, 15) is 0 Å². The highest BCUT2D eigenvalue weighted by molar-refractivity contribution is 5.75. The summed E-state index contributed by atoms with van der Waals surface area (Å²) in [7, 11) is 0. The predicted octanol–water partition coefficient (Wildman–Crippen LogP) is 1.27. The molecule has 1 aromatic heterocycles. The van der Waals surface area contributed by atoms with Crippen LogP contribution in [-0.2, 0) is 6.42 Å². The van der Waals surface area contributed by atoms with Crippen molar-refractivity contribution in [1.82, 2.24) is 15.0 Å². The van der Waals surface area contributed by atoms with E-state index < -0.39 is 0 Å². The summed E-state index contributed by atoms with van der Waals surface area (Å²) >= 11 is 0. The molecule has 1 saturated carbocycles. The Labute approximate surface area is 88.1 Å². The van der Waals surface area contributed by atoms with E-state index in [4.69, 9.17) is 5.73 Å². The van der Waals surface area contributed by atoms with Crippen LogP contribution in [0.15, 0.2) is 18.2 Å². The van der Waals surface area contributed by atoms with Gasteiger partial charge in [0.15, 0.2) is 0 Å². The average molecular weight is 202 g/mol. The van der Waals surface area contributed by atoms with Crippen LogP contribution in [0.2, 0.25) is 0 Å². The third-order valence-electron chi connectivity index (χ3n) is 2.86. The molecule has 15 heavy (non-hydrogen) atoms. The molecular weight excluding hydrogens is 188 g/mol. The number of hydrogen-bond donors (Lipinski definition) is 1. The summed E-state index contributed by atoms with van der Waals surface area (Å²) in [4.78, 5) is 0. The van der Waals surface area contributed by atoms with Gasteiger partial charge in [0.05, 0.1) is 11.6 Å². The van der Waals surface area contributed by atoms with Crippen LogP contribution in [0.3, 0.4) is 0 Å². The molecule has 1 fully saturated rings. The molecule has 1 aliphatic carbocycles. The summed E-state index contributed by atoms with van der Waals surface area (Å²) in [5.41, 5.74) is 8.91. The van der Waals surface area contributed by atoms with E-state index in [2.05, 4.69) is 28.5 Å². The topological polar surface area (TPSA) is 56.7 Å². The molecule has 0 atom stereocenters. The summed E-state index contributed by atoms with van der Waals surface area (Å²) < 4.78 is 2.04. The average Bonchev–Trinajstić information content (AvgIpc) is 3.00. The molecule has 1 aliphatic rings. The molecule has 4 heteroatoms. The van der Waals surface area contributed by atoms with Crippen molar-refractivity contribution >= 4 is 11.0 Å². The van der Waals surface area contributed by atoms with Gasteiger partial charge in [-0.3, -0.25) is 0 Å². The fourth-order valence-corrected chi connectivity index (χ4v) is 1.90. The Hall–Kier alpha value is -1.42. The van der Waals surface area contributed by atoms with Crippen molar-refractivity contribution in [3.05, 3.63) is 23.8 Å². The maximum absolute atomic E-state index is 5.53. The SMILES string of the molecule is NCCc1ccc2c(c1)nnn2C1CC1. The van der Waals surface area contributed by atoms with Crippen LogP contribution >= 0.6 is 0 Å². The second-order valence-corrected chi connectivity index (χ2v) is 4.13. The van der Waals surface area contributed by atoms with E-state index >= 15 is 0 Å². The molecule has 4 nitrogen and oxygen atoms in total. The van der Waals surface area contributed by atoms with E-state index in [0.29, 0.717) is 12.6 Å². The number of aromatic nitrogens is 3. The first kappa shape index (κ1) is 8.85. The number of nitrogens with two attached hydrogens (primary N) is 1. The van der Waals surface area contributed by atoms with Gasteiger partial charge in [0.2, 0.25) is 0 Å². The molecule has 3 rings (SSSR count). The third-order valence-corrected chi connectivity index (χ3v) is 2.86. The maximum atomic E-state index is 5.53. The van der Waals surface area contributed by atoms with Gasteiger partial charge in [0, 0.05) is 0 Å². The smallest absolute Gasteiger partial charge is 0.113 e. The first-order valence-electron chi connectivity index (χ1n) is 5.42.